The summed E-state index contributed by atoms with van der Waals surface area (Å²) in [5.41, 5.74) is 3.97. The minimum Gasteiger partial charge on any atom is -0.126 e. The van der Waals surface area contributed by atoms with Gasteiger partial charge >= 0.3 is 0 Å². The molecule has 0 amide bonds. The highest BCUT2D eigenvalue weighted by Gasteiger charge is 1.96. The molecule has 0 nitrogen and oxygen atoms in total. The van der Waals surface area contributed by atoms with Gasteiger partial charge in [-0.3, -0.25) is 0 Å². The van der Waals surface area contributed by atoms with Crippen molar-refractivity contribution >= 4 is 27.5 Å². The molecule has 0 unspecified atom stereocenters. The van der Waals surface area contributed by atoms with E-state index in [1.54, 1.807) is 0 Å². The van der Waals surface area contributed by atoms with Crippen molar-refractivity contribution in [2.24, 2.45) is 0 Å². The number of aryl methyl sites for hydroxylation is 2. The Morgan fingerprint density at radius 2 is 1.92 bits per heavy atom. The molecule has 0 fully saturated rings. The summed E-state index contributed by atoms with van der Waals surface area (Å²) in [4.78, 5) is 0. The lowest BCUT2D eigenvalue weighted by Gasteiger charge is -2.03. The maximum absolute atomic E-state index is 5.67. The van der Waals surface area contributed by atoms with Gasteiger partial charge in [0.25, 0.3) is 0 Å². The average Bonchev–Trinajstić information content (AvgIpc) is 2.04. The number of rotatable bonds is 3. The Morgan fingerprint density at radius 3 is 2.50 bits per heavy atom. The zero-order valence-corrected chi connectivity index (χ0v) is 9.45. The molecule has 0 atom stereocenters. The van der Waals surface area contributed by atoms with E-state index < -0.39 is 0 Å². The van der Waals surface area contributed by atoms with Crippen molar-refractivity contribution in [3.63, 3.8) is 0 Å². The van der Waals surface area contributed by atoms with Gasteiger partial charge in [-0.1, -0.05) is 39.7 Å². The van der Waals surface area contributed by atoms with E-state index in [-0.39, 0.29) is 0 Å². The van der Waals surface area contributed by atoms with Gasteiger partial charge in [-0.15, -0.1) is 11.6 Å². The van der Waals surface area contributed by atoms with Crippen LogP contribution in [-0.2, 0) is 11.8 Å². The second-order valence-electron chi connectivity index (χ2n) is 2.90. The molecule has 66 valence electrons. The Kier molecular flexibility index (Phi) is 4.10. The first-order chi connectivity index (χ1) is 5.76. The highest BCUT2D eigenvalue weighted by molar-refractivity contribution is 9.08. The largest absolute Gasteiger partial charge is 0.126 e. The number of hydrogen-bond donors (Lipinski definition) is 0. The van der Waals surface area contributed by atoms with Crippen LogP contribution in [0.4, 0.5) is 0 Å². The Morgan fingerprint density at radius 1 is 1.25 bits per heavy atom. The van der Waals surface area contributed by atoms with Crippen LogP contribution >= 0.6 is 27.5 Å². The fourth-order valence-corrected chi connectivity index (χ4v) is 1.82. The van der Waals surface area contributed by atoms with Crippen LogP contribution in [0.2, 0.25) is 0 Å². The summed E-state index contributed by atoms with van der Waals surface area (Å²) < 4.78 is 0. The number of benzene rings is 1. The van der Waals surface area contributed by atoms with E-state index in [0.717, 1.165) is 11.8 Å². The second-order valence-corrected chi connectivity index (χ2v) is 3.84. The third-order valence-electron chi connectivity index (χ3n) is 1.73. The van der Waals surface area contributed by atoms with Gasteiger partial charge < -0.3 is 0 Å². The number of halogens is 2. The summed E-state index contributed by atoms with van der Waals surface area (Å²) in [6.07, 6.45) is 0.962. The fraction of sp³-hybridized carbons (Fsp3) is 0.400. The maximum Gasteiger partial charge on any atom is 0.0283 e. The Bertz CT molecular complexity index is 258. The van der Waals surface area contributed by atoms with Crippen molar-refractivity contribution in [3.8, 4) is 0 Å². The smallest absolute Gasteiger partial charge is 0.0283 e. The minimum atomic E-state index is 0.700. The van der Waals surface area contributed by atoms with Crippen LogP contribution in [0.5, 0.6) is 0 Å². The van der Waals surface area contributed by atoms with Crippen LogP contribution in [0, 0.1) is 6.92 Å². The molecule has 0 spiro atoms. The van der Waals surface area contributed by atoms with Crippen LogP contribution in [-0.4, -0.2) is 5.88 Å². The van der Waals surface area contributed by atoms with E-state index in [2.05, 4.69) is 41.1 Å². The molecule has 0 N–H and O–H groups in total. The van der Waals surface area contributed by atoms with Crippen molar-refractivity contribution in [1.29, 1.82) is 0 Å². The molecule has 1 aromatic rings. The lowest BCUT2D eigenvalue weighted by Crippen LogP contribution is -1.89. The first-order valence-electron chi connectivity index (χ1n) is 3.97. The molecule has 0 aliphatic heterocycles. The van der Waals surface area contributed by atoms with E-state index >= 15 is 0 Å². The standard InChI is InChI=1S/C10H12BrCl/c1-8-4-9(2-3-12)6-10(5-8)7-11/h4-6H,2-3,7H2,1H3. The van der Waals surface area contributed by atoms with Gasteiger partial charge in [-0.2, -0.15) is 0 Å². The van der Waals surface area contributed by atoms with Gasteiger partial charge in [0, 0.05) is 11.2 Å². The molecule has 1 rings (SSSR count). The van der Waals surface area contributed by atoms with Crippen LogP contribution in [0.25, 0.3) is 0 Å². The molecular formula is C10H12BrCl. The maximum atomic E-state index is 5.67. The first-order valence-corrected chi connectivity index (χ1v) is 5.63. The Balaban J connectivity index is 2.90. The lowest BCUT2D eigenvalue weighted by atomic mass is 10.1. The minimum absolute atomic E-state index is 0.700. The molecule has 0 aliphatic rings. The van der Waals surface area contributed by atoms with E-state index in [1.165, 1.54) is 16.7 Å². The number of hydrogen-bond acceptors (Lipinski definition) is 0. The zero-order valence-electron chi connectivity index (χ0n) is 7.11. The van der Waals surface area contributed by atoms with Crippen LogP contribution in [0.3, 0.4) is 0 Å². The van der Waals surface area contributed by atoms with Crippen molar-refractivity contribution < 1.29 is 0 Å². The molecule has 0 radical (unpaired) electrons. The molecule has 12 heavy (non-hydrogen) atoms. The summed E-state index contributed by atoms with van der Waals surface area (Å²) in [6.45, 7) is 2.11. The van der Waals surface area contributed by atoms with Crippen LogP contribution in [0.15, 0.2) is 18.2 Å². The van der Waals surface area contributed by atoms with Crippen LogP contribution in [0.1, 0.15) is 16.7 Å². The summed E-state index contributed by atoms with van der Waals surface area (Å²) in [5.74, 6) is 0.700. The van der Waals surface area contributed by atoms with Gasteiger partial charge in [-0.25, -0.2) is 0 Å². The highest BCUT2D eigenvalue weighted by atomic mass is 79.9. The average molecular weight is 248 g/mol. The van der Waals surface area contributed by atoms with E-state index in [4.69, 9.17) is 11.6 Å². The van der Waals surface area contributed by atoms with Gasteiger partial charge in [0.1, 0.15) is 0 Å². The molecule has 2 heteroatoms. The molecule has 0 saturated carbocycles. The highest BCUT2D eigenvalue weighted by Crippen LogP contribution is 2.13. The normalized spacial score (nSPS) is 10.2. The molecule has 0 heterocycles. The Labute approximate surface area is 87.1 Å². The number of alkyl halides is 2. The monoisotopic (exact) mass is 246 g/mol. The molecule has 0 saturated heterocycles. The predicted molar refractivity (Wildman–Crippen MR) is 58.2 cm³/mol. The quantitative estimate of drug-likeness (QED) is 0.715. The molecule has 0 aliphatic carbocycles. The molecule has 0 bridgehead atoms. The van der Waals surface area contributed by atoms with Gasteiger partial charge in [0.15, 0.2) is 0 Å². The van der Waals surface area contributed by atoms with Crippen molar-refractivity contribution in [2.45, 2.75) is 18.7 Å². The van der Waals surface area contributed by atoms with Gasteiger partial charge in [0.2, 0.25) is 0 Å². The van der Waals surface area contributed by atoms with Gasteiger partial charge in [-0.05, 0) is 24.5 Å². The van der Waals surface area contributed by atoms with E-state index in [1.807, 2.05) is 0 Å². The van der Waals surface area contributed by atoms with Crippen LogP contribution < -0.4 is 0 Å². The molecular weight excluding hydrogens is 235 g/mol. The summed E-state index contributed by atoms with van der Waals surface area (Å²) in [7, 11) is 0. The van der Waals surface area contributed by atoms with E-state index in [0.29, 0.717) is 5.88 Å². The van der Waals surface area contributed by atoms with Crippen molar-refractivity contribution in [2.75, 3.05) is 5.88 Å². The third-order valence-corrected chi connectivity index (χ3v) is 2.57. The lowest BCUT2D eigenvalue weighted by molar-refractivity contribution is 1.13. The van der Waals surface area contributed by atoms with Crippen molar-refractivity contribution in [1.82, 2.24) is 0 Å². The predicted octanol–water partition coefficient (Wildman–Crippen LogP) is 3.67. The second kappa shape index (κ2) is 4.88. The van der Waals surface area contributed by atoms with E-state index in [9.17, 15) is 0 Å². The summed E-state index contributed by atoms with van der Waals surface area (Å²) >= 11 is 9.12. The summed E-state index contributed by atoms with van der Waals surface area (Å²) in [5, 5.41) is 0.921. The molecule has 0 aromatic heterocycles. The third kappa shape index (κ3) is 2.80. The topological polar surface area (TPSA) is 0 Å². The molecule has 1 aromatic carbocycles. The SMILES string of the molecule is Cc1cc(CBr)cc(CCCl)c1. The first kappa shape index (κ1) is 10.1. The Hall–Kier alpha value is -0.0100. The van der Waals surface area contributed by atoms with Crippen molar-refractivity contribution in [3.05, 3.63) is 34.9 Å². The zero-order chi connectivity index (χ0) is 8.97. The summed E-state index contributed by atoms with van der Waals surface area (Å²) in [6, 6.07) is 6.57. The fourth-order valence-electron chi connectivity index (χ4n) is 1.28. The van der Waals surface area contributed by atoms with Gasteiger partial charge in [0.05, 0.1) is 0 Å².